The summed E-state index contributed by atoms with van der Waals surface area (Å²) in [5.74, 6) is 0.477. The van der Waals surface area contributed by atoms with Crippen LogP contribution in [0.25, 0.3) is 0 Å². The predicted molar refractivity (Wildman–Crippen MR) is 118 cm³/mol. The van der Waals surface area contributed by atoms with Crippen LogP contribution in [0.4, 0.5) is 11.4 Å². The summed E-state index contributed by atoms with van der Waals surface area (Å²) >= 11 is 5.23. The second kappa shape index (κ2) is 10.4. The third-order valence-electron chi connectivity index (χ3n) is 3.88. The summed E-state index contributed by atoms with van der Waals surface area (Å²) in [4.78, 5) is 24.3. The lowest BCUT2D eigenvalue weighted by Gasteiger charge is -2.15. The van der Waals surface area contributed by atoms with Gasteiger partial charge in [-0.05, 0) is 49.5 Å². The van der Waals surface area contributed by atoms with E-state index in [1.54, 1.807) is 42.5 Å². The van der Waals surface area contributed by atoms with Gasteiger partial charge in [0.25, 0.3) is 5.91 Å². The molecule has 0 radical (unpaired) electrons. The Hall–Kier alpha value is -3.13. The van der Waals surface area contributed by atoms with Gasteiger partial charge in [-0.25, -0.2) is 0 Å². The molecule has 0 saturated heterocycles. The van der Waals surface area contributed by atoms with E-state index in [0.717, 1.165) is 0 Å². The first-order chi connectivity index (χ1) is 13.8. The first-order valence-corrected chi connectivity index (χ1v) is 9.59. The van der Waals surface area contributed by atoms with Crippen LogP contribution in [-0.2, 0) is 4.79 Å². The first-order valence-electron chi connectivity index (χ1n) is 9.18. The van der Waals surface area contributed by atoms with E-state index in [1.165, 1.54) is 7.11 Å². The Kier molecular flexibility index (Phi) is 7.97. The van der Waals surface area contributed by atoms with E-state index in [2.05, 4.69) is 16.0 Å². The van der Waals surface area contributed by atoms with Crippen molar-refractivity contribution >= 4 is 40.5 Å². The Bertz CT molecular complexity index is 899. The molecule has 0 heterocycles. The monoisotopic (exact) mass is 415 g/mol. The molecule has 8 heteroatoms. The van der Waals surface area contributed by atoms with Crippen LogP contribution in [0, 0.1) is 5.92 Å². The third kappa shape index (κ3) is 6.46. The van der Waals surface area contributed by atoms with Gasteiger partial charge in [-0.3, -0.25) is 14.9 Å². The fourth-order valence-corrected chi connectivity index (χ4v) is 2.59. The number of carbonyl (C=O) groups is 2. The number of methoxy groups -OCH3 is 1. The van der Waals surface area contributed by atoms with Gasteiger partial charge in [0.2, 0.25) is 5.91 Å². The summed E-state index contributed by atoms with van der Waals surface area (Å²) in [5.41, 5.74) is 1.60. The molecule has 2 aromatic carbocycles. The SMILES string of the molecule is CCOc1cccc(C(=O)NC(=S)Nc2ccc(NC(=O)C(C)C)c(OC)c2)c1. The van der Waals surface area contributed by atoms with Crippen LogP contribution in [0.1, 0.15) is 31.1 Å². The summed E-state index contributed by atoms with van der Waals surface area (Å²) in [5, 5.41) is 8.51. The van der Waals surface area contributed by atoms with Crippen molar-refractivity contribution in [3.05, 3.63) is 48.0 Å². The van der Waals surface area contributed by atoms with Gasteiger partial charge < -0.3 is 20.1 Å². The maximum Gasteiger partial charge on any atom is 0.257 e. The topological polar surface area (TPSA) is 88.7 Å². The second-order valence-electron chi connectivity index (χ2n) is 6.43. The molecule has 0 bridgehead atoms. The van der Waals surface area contributed by atoms with Gasteiger partial charge in [0.1, 0.15) is 11.5 Å². The summed E-state index contributed by atoms with van der Waals surface area (Å²) in [6, 6.07) is 12.0. The number of amides is 2. The quantitative estimate of drug-likeness (QED) is 0.596. The van der Waals surface area contributed by atoms with Gasteiger partial charge >= 0.3 is 0 Å². The largest absolute Gasteiger partial charge is 0.494 e. The van der Waals surface area contributed by atoms with E-state index in [9.17, 15) is 9.59 Å². The normalized spacial score (nSPS) is 10.2. The molecular weight excluding hydrogens is 390 g/mol. The van der Waals surface area contributed by atoms with Crippen LogP contribution in [-0.4, -0.2) is 30.6 Å². The number of thiocarbonyl (C=S) groups is 1. The Balaban J connectivity index is 2.03. The number of rotatable bonds is 7. The number of ether oxygens (including phenoxy) is 2. The molecular formula is C21H25N3O4S. The number of hydrogen-bond donors (Lipinski definition) is 3. The fourth-order valence-electron chi connectivity index (χ4n) is 2.38. The van der Waals surface area contributed by atoms with Crippen molar-refractivity contribution in [1.29, 1.82) is 0 Å². The van der Waals surface area contributed by atoms with Gasteiger partial charge in [0.05, 0.1) is 19.4 Å². The molecule has 0 aliphatic carbocycles. The molecule has 3 N–H and O–H groups in total. The van der Waals surface area contributed by atoms with Crippen LogP contribution >= 0.6 is 12.2 Å². The number of nitrogens with one attached hydrogen (secondary N) is 3. The molecule has 0 unspecified atom stereocenters. The van der Waals surface area contributed by atoms with Crippen LogP contribution in [0.15, 0.2) is 42.5 Å². The number of benzene rings is 2. The van der Waals surface area contributed by atoms with E-state index in [-0.39, 0.29) is 22.8 Å². The van der Waals surface area contributed by atoms with Crippen molar-refractivity contribution in [2.45, 2.75) is 20.8 Å². The van der Waals surface area contributed by atoms with Crippen LogP contribution in [0.2, 0.25) is 0 Å². The van der Waals surface area contributed by atoms with Gasteiger partial charge in [-0.15, -0.1) is 0 Å². The zero-order valence-corrected chi connectivity index (χ0v) is 17.7. The van der Waals surface area contributed by atoms with E-state index in [0.29, 0.717) is 35.0 Å². The van der Waals surface area contributed by atoms with Crippen molar-refractivity contribution in [1.82, 2.24) is 5.32 Å². The molecule has 7 nitrogen and oxygen atoms in total. The van der Waals surface area contributed by atoms with Crippen LogP contribution in [0.5, 0.6) is 11.5 Å². The highest BCUT2D eigenvalue weighted by Crippen LogP contribution is 2.28. The first kappa shape index (κ1) is 22.2. The van der Waals surface area contributed by atoms with Crippen molar-refractivity contribution in [2.75, 3.05) is 24.4 Å². The molecule has 0 fully saturated rings. The van der Waals surface area contributed by atoms with E-state index in [1.807, 2.05) is 20.8 Å². The lowest BCUT2D eigenvalue weighted by atomic mass is 10.2. The Morgan fingerprint density at radius 2 is 1.86 bits per heavy atom. The second-order valence-corrected chi connectivity index (χ2v) is 6.84. The lowest BCUT2D eigenvalue weighted by molar-refractivity contribution is -0.118. The van der Waals surface area contributed by atoms with Crippen LogP contribution < -0.4 is 25.4 Å². The molecule has 2 aromatic rings. The highest BCUT2D eigenvalue weighted by atomic mass is 32.1. The Labute approximate surface area is 175 Å². The van der Waals surface area contributed by atoms with Crippen molar-refractivity contribution in [2.24, 2.45) is 5.92 Å². The zero-order valence-electron chi connectivity index (χ0n) is 16.9. The summed E-state index contributed by atoms with van der Waals surface area (Å²) in [6.45, 7) is 6.01. The van der Waals surface area contributed by atoms with Crippen molar-refractivity contribution < 1.29 is 19.1 Å². The van der Waals surface area contributed by atoms with E-state index < -0.39 is 0 Å². The Morgan fingerprint density at radius 3 is 2.52 bits per heavy atom. The molecule has 2 rings (SSSR count). The molecule has 0 atom stereocenters. The third-order valence-corrected chi connectivity index (χ3v) is 4.08. The molecule has 2 amide bonds. The molecule has 0 aromatic heterocycles. The molecule has 0 spiro atoms. The van der Waals surface area contributed by atoms with E-state index >= 15 is 0 Å². The lowest BCUT2D eigenvalue weighted by Crippen LogP contribution is -2.34. The standard InChI is InChI=1S/C21H25N3O4S/c1-5-28-16-8-6-7-14(11-16)20(26)24-21(29)22-15-9-10-17(18(12-15)27-4)23-19(25)13(2)3/h6-13H,5H2,1-4H3,(H,23,25)(H2,22,24,26,29). The number of anilines is 2. The summed E-state index contributed by atoms with van der Waals surface area (Å²) in [6.07, 6.45) is 0. The maximum absolute atomic E-state index is 12.4. The molecule has 154 valence electrons. The van der Waals surface area contributed by atoms with Crippen LogP contribution in [0.3, 0.4) is 0 Å². The highest BCUT2D eigenvalue weighted by Gasteiger charge is 2.13. The minimum Gasteiger partial charge on any atom is -0.494 e. The molecule has 0 aliphatic rings. The maximum atomic E-state index is 12.4. The number of carbonyl (C=O) groups excluding carboxylic acids is 2. The van der Waals surface area contributed by atoms with Gasteiger partial charge in [0, 0.05) is 23.2 Å². The number of hydrogen-bond acceptors (Lipinski definition) is 5. The van der Waals surface area contributed by atoms with E-state index in [4.69, 9.17) is 21.7 Å². The average Bonchev–Trinajstić information content (AvgIpc) is 2.69. The highest BCUT2D eigenvalue weighted by molar-refractivity contribution is 7.80. The van der Waals surface area contributed by atoms with Crippen molar-refractivity contribution in [3.63, 3.8) is 0 Å². The summed E-state index contributed by atoms with van der Waals surface area (Å²) < 4.78 is 10.7. The predicted octanol–water partition coefficient (Wildman–Crippen LogP) is 3.82. The van der Waals surface area contributed by atoms with Gasteiger partial charge in [0.15, 0.2) is 5.11 Å². The minimum atomic E-state index is -0.350. The molecule has 29 heavy (non-hydrogen) atoms. The average molecular weight is 416 g/mol. The van der Waals surface area contributed by atoms with Gasteiger partial charge in [-0.1, -0.05) is 19.9 Å². The zero-order chi connectivity index (χ0) is 21.4. The fraction of sp³-hybridized carbons (Fsp3) is 0.286. The van der Waals surface area contributed by atoms with Gasteiger partial charge in [-0.2, -0.15) is 0 Å². The molecule has 0 aliphatic heterocycles. The minimum absolute atomic E-state index is 0.110. The summed E-state index contributed by atoms with van der Waals surface area (Å²) in [7, 11) is 1.51. The molecule has 0 saturated carbocycles. The smallest absolute Gasteiger partial charge is 0.257 e. The van der Waals surface area contributed by atoms with Crippen molar-refractivity contribution in [3.8, 4) is 11.5 Å². The Morgan fingerprint density at radius 1 is 1.10 bits per heavy atom.